The predicted octanol–water partition coefficient (Wildman–Crippen LogP) is 5.83. The first-order valence-electron chi connectivity index (χ1n) is 6.02. The lowest BCUT2D eigenvalue weighted by molar-refractivity contribution is 1.23. The molecule has 0 saturated heterocycles. The molecular formula is C16H12N2S. The van der Waals surface area contributed by atoms with E-state index in [0.29, 0.717) is 0 Å². The Labute approximate surface area is 116 Å². The molecule has 0 N–H and O–H groups in total. The highest BCUT2D eigenvalue weighted by Crippen LogP contribution is 2.27. The van der Waals surface area contributed by atoms with Gasteiger partial charge in [-0.15, -0.1) is 11.3 Å². The first-order valence-corrected chi connectivity index (χ1v) is 6.90. The number of rotatable bonds is 3. The molecule has 0 unspecified atom stereocenters. The minimum Gasteiger partial charge on any atom is -0.151 e. The zero-order valence-electron chi connectivity index (χ0n) is 10.2. The molecule has 0 spiro atoms. The van der Waals surface area contributed by atoms with E-state index in [4.69, 9.17) is 0 Å². The third kappa shape index (κ3) is 2.95. The zero-order valence-corrected chi connectivity index (χ0v) is 11.0. The van der Waals surface area contributed by atoms with Crippen molar-refractivity contribution in [3.05, 3.63) is 72.1 Å². The van der Waals surface area contributed by atoms with Crippen LogP contribution in [0.3, 0.4) is 0 Å². The minimum atomic E-state index is 0.865. The fraction of sp³-hybridized carbons (Fsp3) is 0. The van der Waals surface area contributed by atoms with Gasteiger partial charge < -0.3 is 0 Å². The summed E-state index contributed by atoms with van der Waals surface area (Å²) < 4.78 is 0. The molecule has 2 nitrogen and oxygen atoms in total. The quantitative estimate of drug-likeness (QED) is 0.532. The summed E-state index contributed by atoms with van der Waals surface area (Å²) in [5.41, 5.74) is 2.95. The molecule has 0 bridgehead atoms. The maximum absolute atomic E-state index is 4.23. The number of hydrogen-bond donors (Lipinski definition) is 0. The maximum atomic E-state index is 4.23. The molecular weight excluding hydrogens is 252 g/mol. The first kappa shape index (κ1) is 11.8. The molecule has 3 aromatic rings. The van der Waals surface area contributed by atoms with Crippen LogP contribution in [0, 0.1) is 0 Å². The average Bonchev–Trinajstić information content (AvgIpc) is 3.01. The second-order valence-corrected chi connectivity index (χ2v) is 5.01. The van der Waals surface area contributed by atoms with Gasteiger partial charge in [0.15, 0.2) is 0 Å². The third-order valence-electron chi connectivity index (χ3n) is 2.71. The van der Waals surface area contributed by atoms with Crippen LogP contribution in [0.15, 0.2) is 82.3 Å². The highest BCUT2D eigenvalue weighted by Gasteiger charge is 1.98. The van der Waals surface area contributed by atoms with Crippen LogP contribution >= 0.6 is 11.3 Å². The molecule has 3 rings (SSSR count). The van der Waals surface area contributed by atoms with Gasteiger partial charge in [0.25, 0.3) is 0 Å². The van der Waals surface area contributed by atoms with E-state index >= 15 is 0 Å². The van der Waals surface area contributed by atoms with E-state index in [1.807, 2.05) is 42.5 Å². The molecule has 3 heteroatoms. The van der Waals surface area contributed by atoms with Crippen molar-refractivity contribution in [1.29, 1.82) is 0 Å². The second kappa shape index (κ2) is 5.59. The molecule has 0 atom stereocenters. The van der Waals surface area contributed by atoms with Crippen molar-refractivity contribution in [2.24, 2.45) is 10.2 Å². The van der Waals surface area contributed by atoms with Crippen molar-refractivity contribution in [2.45, 2.75) is 0 Å². The lowest BCUT2D eigenvalue weighted by atomic mass is 10.2. The topological polar surface area (TPSA) is 24.7 Å². The van der Waals surface area contributed by atoms with Crippen molar-refractivity contribution in [2.75, 3.05) is 0 Å². The molecule has 0 aliphatic rings. The lowest BCUT2D eigenvalue weighted by Gasteiger charge is -1.97. The van der Waals surface area contributed by atoms with Crippen molar-refractivity contribution in [3.63, 3.8) is 0 Å². The van der Waals surface area contributed by atoms with Crippen molar-refractivity contribution >= 4 is 22.7 Å². The highest BCUT2D eigenvalue weighted by atomic mass is 32.1. The van der Waals surface area contributed by atoms with E-state index < -0.39 is 0 Å². The molecule has 92 valence electrons. The van der Waals surface area contributed by atoms with Gasteiger partial charge in [-0.3, -0.25) is 0 Å². The van der Waals surface area contributed by atoms with E-state index in [2.05, 4.69) is 39.9 Å². The largest absolute Gasteiger partial charge is 0.151 e. The number of azo groups is 1. The summed E-state index contributed by atoms with van der Waals surface area (Å²) in [7, 11) is 0. The number of thiophene rings is 1. The molecule has 1 aromatic heterocycles. The third-order valence-corrected chi connectivity index (χ3v) is 3.63. The van der Waals surface area contributed by atoms with Crippen LogP contribution in [0.25, 0.3) is 10.4 Å². The Morgan fingerprint density at radius 1 is 0.632 bits per heavy atom. The van der Waals surface area contributed by atoms with Crippen LogP contribution in [-0.2, 0) is 0 Å². The SMILES string of the molecule is c1ccc(N=Nc2ccc(-c3cccs3)cc2)cc1. The summed E-state index contributed by atoms with van der Waals surface area (Å²) in [6.07, 6.45) is 0. The fourth-order valence-electron chi connectivity index (χ4n) is 1.75. The Morgan fingerprint density at radius 2 is 1.32 bits per heavy atom. The zero-order chi connectivity index (χ0) is 12.9. The normalized spacial score (nSPS) is 10.9. The molecule has 2 aromatic carbocycles. The van der Waals surface area contributed by atoms with Crippen LogP contribution in [-0.4, -0.2) is 0 Å². The van der Waals surface area contributed by atoms with Gasteiger partial charge in [-0.2, -0.15) is 10.2 Å². The second-order valence-electron chi connectivity index (χ2n) is 4.06. The molecule has 0 saturated carbocycles. The van der Waals surface area contributed by atoms with E-state index in [0.717, 1.165) is 11.4 Å². The van der Waals surface area contributed by atoms with Gasteiger partial charge >= 0.3 is 0 Å². The minimum absolute atomic E-state index is 0.865. The summed E-state index contributed by atoms with van der Waals surface area (Å²) in [5.74, 6) is 0. The Bertz CT molecular complexity index is 656. The molecule has 0 aliphatic carbocycles. The monoisotopic (exact) mass is 264 g/mol. The number of hydrogen-bond acceptors (Lipinski definition) is 3. The van der Waals surface area contributed by atoms with Gasteiger partial charge in [0.2, 0.25) is 0 Å². The van der Waals surface area contributed by atoms with Crippen LogP contribution < -0.4 is 0 Å². The number of benzene rings is 2. The van der Waals surface area contributed by atoms with Gasteiger partial charge in [0.1, 0.15) is 0 Å². The van der Waals surface area contributed by atoms with E-state index in [1.54, 1.807) is 11.3 Å². The van der Waals surface area contributed by atoms with E-state index in [-0.39, 0.29) is 0 Å². The molecule has 0 amide bonds. The molecule has 19 heavy (non-hydrogen) atoms. The Morgan fingerprint density at radius 3 is 1.95 bits per heavy atom. The van der Waals surface area contributed by atoms with Crippen LogP contribution in [0.5, 0.6) is 0 Å². The van der Waals surface area contributed by atoms with Crippen LogP contribution in [0.1, 0.15) is 0 Å². The fourth-order valence-corrected chi connectivity index (χ4v) is 2.48. The lowest BCUT2D eigenvalue weighted by Crippen LogP contribution is -1.70. The predicted molar refractivity (Wildman–Crippen MR) is 80.4 cm³/mol. The van der Waals surface area contributed by atoms with Gasteiger partial charge in [0.05, 0.1) is 11.4 Å². The van der Waals surface area contributed by atoms with E-state index in [1.165, 1.54) is 10.4 Å². The summed E-state index contributed by atoms with van der Waals surface area (Å²) >= 11 is 1.74. The maximum Gasteiger partial charge on any atom is 0.0857 e. The van der Waals surface area contributed by atoms with Crippen LogP contribution in [0.4, 0.5) is 11.4 Å². The summed E-state index contributed by atoms with van der Waals surface area (Å²) in [5, 5.41) is 10.5. The molecule has 1 heterocycles. The average molecular weight is 264 g/mol. The molecule has 0 fully saturated rings. The van der Waals surface area contributed by atoms with Gasteiger partial charge in [-0.1, -0.05) is 36.4 Å². The summed E-state index contributed by atoms with van der Waals surface area (Å²) in [4.78, 5) is 1.27. The smallest absolute Gasteiger partial charge is 0.0857 e. The van der Waals surface area contributed by atoms with E-state index in [9.17, 15) is 0 Å². The molecule has 0 radical (unpaired) electrons. The Hall–Kier alpha value is -2.26. The standard InChI is InChI=1S/C16H12N2S/c1-2-5-14(6-3-1)17-18-15-10-8-13(9-11-15)16-7-4-12-19-16/h1-12H. The van der Waals surface area contributed by atoms with Gasteiger partial charge in [-0.05, 0) is 41.3 Å². The summed E-state index contributed by atoms with van der Waals surface area (Å²) in [6, 6.07) is 22.0. The summed E-state index contributed by atoms with van der Waals surface area (Å²) in [6.45, 7) is 0. The molecule has 0 aliphatic heterocycles. The number of nitrogens with zero attached hydrogens (tertiary/aromatic N) is 2. The van der Waals surface area contributed by atoms with Crippen molar-refractivity contribution < 1.29 is 0 Å². The van der Waals surface area contributed by atoms with Gasteiger partial charge in [-0.25, -0.2) is 0 Å². The van der Waals surface area contributed by atoms with Crippen LogP contribution in [0.2, 0.25) is 0 Å². The highest BCUT2D eigenvalue weighted by molar-refractivity contribution is 7.13. The Kier molecular flexibility index (Phi) is 3.47. The van der Waals surface area contributed by atoms with Crippen molar-refractivity contribution in [3.8, 4) is 10.4 Å². The van der Waals surface area contributed by atoms with Gasteiger partial charge in [0, 0.05) is 4.88 Å². The Balaban J connectivity index is 1.78. The first-order chi connectivity index (χ1) is 9.42. The van der Waals surface area contributed by atoms with Crippen molar-refractivity contribution in [1.82, 2.24) is 0 Å².